The molecule has 0 fully saturated rings. The first kappa shape index (κ1) is 21.6. The zero-order valence-corrected chi connectivity index (χ0v) is 17.5. The molecule has 0 bridgehead atoms. The van der Waals surface area contributed by atoms with Gasteiger partial charge in [0.05, 0.1) is 23.4 Å². The minimum Gasteiger partial charge on any atom is -0.352 e. The molecular formula is C20H20N4O4S2. The lowest BCUT2D eigenvalue weighted by molar-refractivity contribution is -0.120. The molecule has 0 spiro atoms. The Morgan fingerprint density at radius 3 is 2.30 bits per heavy atom. The number of carbonyl (C=O) groups excluding carboxylic acids is 2. The summed E-state index contributed by atoms with van der Waals surface area (Å²) in [5.74, 6) is -0.410. The lowest BCUT2D eigenvalue weighted by Crippen LogP contribution is -2.24. The molecule has 3 rings (SSSR count). The molecule has 1 heterocycles. The van der Waals surface area contributed by atoms with Crippen LogP contribution >= 0.6 is 11.3 Å². The van der Waals surface area contributed by atoms with Gasteiger partial charge in [-0.2, -0.15) is 0 Å². The second-order valence-corrected chi connectivity index (χ2v) is 8.92. The second-order valence-electron chi connectivity index (χ2n) is 6.50. The van der Waals surface area contributed by atoms with Crippen LogP contribution in [0.15, 0.2) is 64.9 Å². The molecule has 0 saturated carbocycles. The van der Waals surface area contributed by atoms with Gasteiger partial charge in [0.2, 0.25) is 21.8 Å². The largest absolute Gasteiger partial charge is 0.352 e. The molecule has 30 heavy (non-hydrogen) atoms. The Morgan fingerprint density at radius 1 is 0.933 bits per heavy atom. The van der Waals surface area contributed by atoms with Crippen molar-refractivity contribution in [3.63, 3.8) is 0 Å². The van der Waals surface area contributed by atoms with Crippen molar-refractivity contribution in [2.75, 3.05) is 5.32 Å². The van der Waals surface area contributed by atoms with E-state index in [0.29, 0.717) is 10.8 Å². The molecule has 0 aliphatic heterocycles. The Labute approximate surface area is 178 Å². The number of thiazole rings is 1. The summed E-state index contributed by atoms with van der Waals surface area (Å²) in [5.41, 5.74) is 2.20. The quantitative estimate of drug-likeness (QED) is 0.488. The van der Waals surface area contributed by atoms with Crippen LogP contribution < -0.4 is 15.8 Å². The molecule has 0 unspecified atom stereocenters. The third-order valence-electron chi connectivity index (χ3n) is 4.09. The zero-order valence-electron chi connectivity index (χ0n) is 15.9. The number of anilines is 1. The molecule has 156 valence electrons. The summed E-state index contributed by atoms with van der Waals surface area (Å²) in [5, 5.41) is 12.7. The molecule has 4 N–H and O–H groups in total. The van der Waals surface area contributed by atoms with Gasteiger partial charge in [0.1, 0.15) is 0 Å². The fourth-order valence-electron chi connectivity index (χ4n) is 2.61. The topological polar surface area (TPSA) is 131 Å². The molecule has 0 aliphatic carbocycles. The van der Waals surface area contributed by atoms with Crippen molar-refractivity contribution >= 4 is 38.3 Å². The number of amides is 2. The molecular weight excluding hydrogens is 424 g/mol. The zero-order chi connectivity index (χ0) is 21.6. The number of carbonyl (C=O) groups is 2. The third-order valence-corrected chi connectivity index (χ3v) is 5.82. The summed E-state index contributed by atoms with van der Waals surface area (Å²) in [6.07, 6.45) is 0.320. The van der Waals surface area contributed by atoms with E-state index in [1.54, 1.807) is 17.5 Å². The number of nitrogens with zero attached hydrogens (tertiary/aromatic N) is 1. The number of nitrogens with two attached hydrogens (primary N) is 1. The van der Waals surface area contributed by atoms with Gasteiger partial charge < -0.3 is 10.6 Å². The Balaban J connectivity index is 1.47. The van der Waals surface area contributed by atoms with Crippen LogP contribution in [0.5, 0.6) is 0 Å². The highest BCUT2D eigenvalue weighted by Crippen LogP contribution is 2.16. The molecule has 8 nitrogen and oxygen atoms in total. The summed E-state index contributed by atoms with van der Waals surface area (Å²) >= 11 is 1.26. The first-order chi connectivity index (χ1) is 14.3. The fourth-order valence-corrected chi connectivity index (χ4v) is 3.86. The molecule has 3 aromatic rings. The number of benzene rings is 2. The Morgan fingerprint density at radius 2 is 1.63 bits per heavy atom. The van der Waals surface area contributed by atoms with Gasteiger partial charge >= 0.3 is 0 Å². The van der Waals surface area contributed by atoms with Crippen LogP contribution in [0.25, 0.3) is 0 Å². The summed E-state index contributed by atoms with van der Waals surface area (Å²) in [4.78, 5) is 28.5. The SMILES string of the molecule is NS(=O)(=O)c1ccc(CNC(=O)Cc2csc(NC(=O)Cc3ccccc3)n2)cc1. The smallest absolute Gasteiger partial charge is 0.238 e. The van der Waals surface area contributed by atoms with Gasteiger partial charge in [-0.05, 0) is 23.3 Å². The van der Waals surface area contributed by atoms with Crippen molar-refractivity contribution < 1.29 is 18.0 Å². The van der Waals surface area contributed by atoms with Crippen molar-refractivity contribution in [3.05, 3.63) is 76.8 Å². The highest BCUT2D eigenvalue weighted by molar-refractivity contribution is 7.89. The average molecular weight is 445 g/mol. The lowest BCUT2D eigenvalue weighted by atomic mass is 10.1. The van der Waals surface area contributed by atoms with Gasteiger partial charge in [-0.1, -0.05) is 42.5 Å². The van der Waals surface area contributed by atoms with Crippen molar-refractivity contribution in [1.82, 2.24) is 10.3 Å². The number of aromatic nitrogens is 1. The fraction of sp³-hybridized carbons (Fsp3) is 0.150. The van der Waals surface area contributed by atoms with E-state index in [1.807, 2.05) is 30.3 Å². The molecule has 2 aromatic carbocycles. The Kier molecular flexibility index (Phi) is 6.93. The second kappa shape index (κ2) is 9.61. The van der Waals surface area contributed by atoms with E-state index in [2.05, 4.69) is 15.6 Å². The van der Waals surface area contributed by atoms with E-state index in [1.165, 1.54) is 23.5 Å². The summed E-state index contributed by atoms with van der Waals surface area (Å²) in [7, 11) is -3.74. The van der Waals surface area contributed by atoms with Gasteiger partial charge in [-0.15, -0.1) is 11.3 Å². The average Bonchev–Trinajstić information content (AvgIpc) is 3.13. The predicted octanol–water partition coefficient (Wildman–Crippen LogP) is 1.83. The number of nitrogens with one attached hydrogen (secondary N) is 2. The summed E-state index contributed by atoms with van der Waals surface area (Å²) in [6.45, 7) is 0.245. The van der Waals surface area contributed by atoms with Gasteiger partial charge in [0, 0.05) is 11.9 Å². The minimum atomic E-state index is -3.74. The van der Waals surface area contributed by atoms with Gasteiger partial charge in [0.25, 0.3) is 0 Å². The maximum Gasteiger partial charge on any atom is 0.238 e. The third kappa shape index (κ3) is 6.48. The Hall–Kier alpha value is -3.08. The lowest BCUT2D eigenvalue weighted by Gasteiger charge is -2.05. The first-order valence-electron chi connectivity index (χ1n) is 8.96. The summed E-state index contributed by atoms with van der Waals surface area (Å²) in [6, 6.07) is 15.3. The van der Waals surface area contributed by atoms with Crippen LogP contribution in [0.2, 0.25) is 0 Å². The van der Waals surface area contributed by atoms with Crippen molar-refractivity contribution in [1.29, 1.82) is 0 Å². The first-order valence-corrected chi connectivity index (χ1v) is 11.4. The minimum absolute atomic E-state index is 0.0156. The number of sulfonamides is 1. The van der Waals surface area contributed by atoms with Crippen LogP contribution in [0.3, 0.4) is 0 Å². The van der Waals surface area contributed by atoms with E-state index >= 15 is 0 Å². The Bertz CT molecular complexity index is 1130. The van der Waals surface area contributed by atoms with Crippen molar-refractivity contribution in [2.45, 2.75) is 24.3 Å². The van der Waals surface area contributed by atoms with Gasteiger partial charge in [-0.25, -0.2) is 18.5 Å². The monoisotopic (exact) mass is 444 g/mol. The van der Waals surface area contributed by atoms with E-state index in [-0.39, 0.29) is 36.1 Å². The maximum atomic E-state index is 12.1. The standard InChI is InChI=1S/C20H20N4O4S2/c21-30(27,28)17-8-6-15(7-9-17)12-22-18(25)11-16-13-29-20(23-16)24-19(26)10-14-4-2-1-3-5-14/h1-9,13H,10-12H2,(H,22,25)(H2,21,27,28)(H,23,24,26). The molecule has 1 aromatic heterocycles. The van der Waals surface area contributed by atoms with Gasteiger partial charge in [0.15, 0.2) is 5.13 Å². The van der Waals surface area contributed by atoms with Crippen molar-refractivity contribution in [2.24, 2.45) is 5.14 Å². The maximum absolute atomic E-state index is 12.1. The van der Waals surface area contributed by atoms with E-state index < -0.39 is 10.0 Å². The molecule has 0 aliphatic rings. The van der Waals surface area contributed by atoms with Crippen LogP contribution in [-0.2, 0) is 39.0 Å². The highest BCUT2D eigenvalue weighted by atomic mass is 32.2. The molecule has 0 saturated heterocycles. The molecule has 0 radical (unpaired) electrons. The normalized spacial score (nSPS) is 11.1. The highest BCUT2D eigenvalue weighted by Gasteiger charge is 2.11. The van der Waals surface area contributed by atoms with Gasteiger partial charge in [-0.3, -0.25) is 9.59 Å². The van der Waals surface area contributed by atoms with Crippen LogP contribution in [0.1, 0.15) is 16.8 Å². The van der Waals surface area contributed by atoms with Crippen LogP contribution in [0.4, 0.5) is 5.13 Å². The number of hydrogen-bond acceptors (Lipinski definition) is 6. The van der Waals surface area contributed by atoms with E-state index in [9.17, 15) is 18.0 Å². The summed E-state index contributed by atoms with van der Waals surface area (Å²) < 4.78 is 22.5. The van der Waals surface area contributed by atoms with Crippen LogP contribution in [0, 0.1) is 0 Å². The number of primary sulfonamides is 1. The van der Waals surface area contributed by atoms with Crippen molar-refractivity contribution in [3.8, 4) is 0 Å². The van der Waals surface area contributed by atoms with Crippen LogP contribution in [-0.4, -0.2) is 25.2 Å². The molecule has 10 heteroatoms. The molecule has 2 amide bonds. The van der Waals surface area contributed by atoms with E-state index in [4.69, 9.17) is 5.14 Å². The molecule has 0 atom stereocenters. The number of rotatable bonds is 8. The van der Waals surface area contributed by atoms with E-state index in [0.717, 1.165) is 11.1 Å². The number of hydrogen-bond donors (Lipinski definition) is 3. The predicted molar refractivity (Wildman–Crippen MR) is 114 cm³/mol.